The summed E-state index contributed by atoms with van der Waals surface area (Å²) in [6, 6.07) is 7.40. The second-order valence-electron chi connectivity index (χ2n) is 4.22. The van der Waals surface area contributed by atoms with Crippen LogP contribution >= 0.6 is 0 Å². The SMILES string of the molecule is COc1cccc(C(O)COCC(C)C)c1. The lowest BCUT2D eigenvalue weighted by Gasteiger charge is -2.13. The first-order chi connectivity index (χ1) is 7.63. The van der Waals surface area contributed by atoms with Crippen LogP contribution in [0.5, 0.6) is 5.75 Å². The van der Waals surface area contributed by atoms with Crippen molar-refractivity contribution in [2.24, 2.45) is 5.92 Å². The van der Waals surface area contributed by atoms with Crippen molar-refractivity contribution in [3.63, 3.8) is 0 Å². The van der Waals surface area contributed by atoms with E-state index in [1.54, 1.807) is 7.11 Å². The second kappa shape index (κ2) is 6.51. The average molecular weight is 224 g/mol. The second-order valence-corrected chi connectivity index (χ2v) is 4.22. The smallest absolute Gasteiger partial charge is 0.119 e. The van der Waals surface area contributed by atoms with E-state index >= 15 is 0 Å². The third-order valence-corrected chi connectivity index (χ3v) is 2.21. The average Bonchev–Trinajstić information content (AvgIpc) is 2.28. The Balaban J connectivity index is 2.48. The summed E-state index contributed by atoms with van der Waals surface area (Å²) in [7, 11) is 1.61. The van der Waals surface area contributed by atoms with E-state index in [0.717, 1.165) is 11.3 Å². The normalized spacial score (nSPS) is 12.8. The Morgan fingerprint density at radius 3 is 2.62 bits per heavy atom. The van der Waals surface area contributed by atoms with Gasteiger partial charge in [0, 0.05) is 6.61 Å². The number of rotatable bonds is 6. The molecule has 0 bridgehead atoms. The molecule has 0 aliphatic rings. The zero-order chi connectivity index (χ0) is 12.0. The van der Waals surface area contributed by atoms with Crippen molar-refractivity contribution in [1.29, 1.82) is 0 Å². The van der Waals surface area contributed by atoms with Crippen molar-refractivity contribution in [2.75, 3.05) is 20.3 Å². The highest BCUT2D eigenvalue weighted by molar-refractivity contribution is 5.29. The quantitative estimate of drug-likeness (QED) is 0.806. The molecule has 0 saturated heterocycles. The van der Waals surface area contributed by atoms with E-state index in [2.05, 4.69) is 13.8 Å². The molecule has 1 aromatic rings. The van der Waals surface area contributed by atoms with Gasteiger partial charge in [-0.2, -0.15) is 0 Å². The van der Waals surface area contributed by atoms with Crippen LogP contribution in [0.1, 0.15) is 25.5 Å². The predicted octanol–water partition coefficient (Wildman–Crippen LogP) is 2.40. The molecule has 3 heteroatoms. The summed E-state index contributed by atoms with van der Waals surface area (Å²) in [5, 5.41) is 9.87. The highest BCUT2D eigenvalue weighted by atomic mass is 16.5. The molecule has 0 radical (unpaired) electrons. The molecule has 0 fully saturated rings. The number of benzene rings is 1. The van der Waals surface area contributed by atoms with Crippen LogP contribution in [0, 0.1) is 5.92 Å². The van der Waals surface area contributed by atoms with Gasteiger partial charge in [0.25, 0.3) is 0 Å². The zero-order valence-electron chi connectivity index (χ0n) is 10.1. The standard InChI is InChI=1S/C13H20O3/c1-10(2)8-16-9-13(14)11-5-4-6-12(7-11)15-3/h4-7,10,13-14H,8-9H2,1-3H3. The fourth-order valence-electron chi connectivity index (χ4n) is 1.36. The number of methoxy groups -OCH3 is 1. The van der Waals surface area contributed by atoms with Gasteiger partial charge in [-0.1, -0.05) is 26.0 Å². The molecule has 90 valence electrons. The van der Waals surface area contributed by atoms with Crippen LogP contribution in [0.2, 0.25) is 0 Å². The minimum Gasteiger partial charge on any atom is -0.497 e. The molecule has 1 atom stereocenters. The van der Waals surface area contributed by atoms with E-state index in [1.807, 2.05) is 24.3 Å². The zero-order valence-corrected chi connectivity index (χ0v) is 10.1. The molecule has 0 aromatic heterocycles. The fourth-order valence-corrected chi connectivity index (χ4v) is 1.36. The molecular formula is C13H20O3. The largest absolute Gasteiger partial charge is 0.497 e. The monoisotopic (exact) mass is 224 g/mol. The molecule has 0 saturated carbocycles. The lowest BCUT2D eigenvalue weighted by molar-refractivity contribution is 0.0249. The van der Waals surface area contributed by atoms with Gasteiger partial charge >= 0.3 is 0 Å². The van der Waals surface area contributed by atoms with Crippen LogP contribution in [0.3, 0.4) is 0 Å². The third kappa shape index (κ3) is 4.21. The molecule has 0 heterocycles. The van der Waals surface area contributed by atoms with Gasteiger partial charge in [-0.15, -0.1) is 0 Å². The van der Waals surface area contributed by atoms with E-state index in [-0.39, 0.29) is 0 Å². The first kappa shape index (κ1) is 13.0. The van der Waals surface area contributed by atoms with Crippen molar-refractivity contribution >= 4 is 0 Å². The van der Waals surface area contributed by atoms with Crippen LogP contribution in [0.4, 0.5) is 0 Å². The first-order valence-electron chi connectivity index (χ1n) is 5.53. The van der Waals surface area contributed by atoms with Crippen LogP contribution in [0.15, 0.2) is 24.3 Å². The highest BCUT2D eigenvalue weighted by Gasteiger charge is 2.08. The van der Waals surface area contributed by atoms with E-state index in [0.29, 0.717) is 19.1 Å². The summed E-state index contributed by atoms with van der Waals surface area (Å²) in [6.07, 6.45) is -0.589. The lowest BCUT2D eigenvalue weighted by atomic mass is 10.1. The Morgan fingerprint density at radius 2 is 2.00 bits per heavy atom. The van der Waals surface area contributed by atoms with E-state index in [9.17, 15) is 5.11 Å². The Kier molecular flexibility index (Phi) is 5.29. The van der Waals surface area contributed by atoms with Gasteiger partial charge < -0.3 is 14.6 Å². The van der Waals surface area contributed by atoms with Gasteiger partial charge in [0.1, 0.15) is 11.9 Å². The lowest BCUT2D eigenvalue weighted by Crippen LogP contribution is -2.10. The van der Waals surface area contributed by atoms with Gasteiger partial charge in [-0.3, -0.25) is 0 Å². The summed E-state index contributed by atoms with van der Waals surface area (Å²) in [5.41, 5.74) is 0.822. The van der Waals surface area contributed by atoms with Gasteiger partial charge in [0.05, 0.1) is 13.7 Å². The number of hydrogen-bond acceptors (Lipinski definition) is 3. The van der Waals surface area contributed by atoms with Crippen molar-refractivity contribution in [3.05, 3.63) is 29.8 Å². The molecule has 1 aromatic carbocycles. The topological polar surface area (TPSA) is 38.7 Å². The van der Waals surface area contributed by atoms with Gasteiger partial charge in [-0.25, -0.2) is 0 Å². The van der Waals surface area contributed by atoms with Crippen molar-refractivity contribution in [2.45, 2.75) is 20.0 Å². The summed E-state index contributed by atoms with van der Waals surface area (Å²) >= 11 is 0. The van der Waals surface area contributed by atoms with Crippen LogP contribution in [-0.4, -0.2) is 25.4 Å². The maximum absolute atomic E-state index is 9.87. The number of aliphatic hydroxyl groups excluding tert-OH is 1. The van der Waals surface area contributed by atoms with Crippen LogP contribution in [-0.2, 0) is 4.74 Å². The fraction of sp³-hybridized carbons (Fsp3) is 0.538. The molecule has 1 rings (SSSR count). The van der Waals surface area contributed by atoms with E-state index in [4.69, 9.17) is 9.47 Å². The Bertz CT molecular complexity index is 310. The van der Waals surface area contributed by atoms with Gasteiger partial charge in [0.15, 0.2) is 0 Å². The highest BCUT2D eigenvalue weighted by Crippen LogP contribution is 2.19. The predicted molar refractivity (Wildman–Crippen MR) is 63.6 cm³/mol. The first-order valence-corrected chi connectivity index (χ1v) is 5.53. The summed E-state index contributed by atoms with van der Waals surface area (Å²) in [5.74, 6) is 1.23. The van der Waals surface area contributed by atoms with Crippen LogP contribution < -0.4 is 4.74 Å². The van der Waals surface area contributed by atoms with E-state index < -0.39 is 6.10 Å². The van der Waals surface area contributed by atoms with Gasteiger partial charge in [-0.05, 0) is 23.6 Å². The molecular weight excluding hydrogens is 204 g/mol. The maximum Gasteiger partial charge on any atom is 0.119 e. The summed E-state index contributed by atoms with van der Waals surface area (Å²) < 4.78 is 10.5. The number of aliphatic hydroxyl groups is 1. The summed E-state index contributed by atoms with van der Waals surface area (Å²) in [4.78, 5) is 0. The Morgan fingerprint density at radius 1 is 1.25 bits per heavy atom. The van der Waals surface area contributed by atoms with Crippen molar-refractivity contribution in [1.82, 2.24) is 0 Å². The maximum atomic E-state index is 9.87. The molecule has 0 aliphatic carbocycles. The molecule has 1 N–H and O–H groups in total. The summed E-state index contributed by atoms with van der Waals surface area (Å²) in [6.45, 7) is 5.15. The van der Waals surface area contributed by atoms with Crippen molar-refractivity contribution < 1.29 is 14.6 Å². The molecule has 16 heavy (non-hydrogen) atoms. The molecule has 1 unspecified atom stereocenters. The van der Waals surface area contributed by atoms with Crippen molar-refractivity contribution in [3.8, 4) is 5.75 Å². The Labute approximate surface area is 97.0 Å². The Hall–Kier alpha value is -1.06. The van der Waals surface area contributed by atoms with Gasteiger partial charge in [0.2, 0.25) is 0 Å². The van der Waals surface area contributed by atoms with Crippen LogP contribution in [0.25, 0.3) is 0 Å². The minimum atomic E-state index is -0.589. The minimum absolute atomic E-state index is 0.325. The molecule has 0 aliphatic heterocycles. The molecule has 0 amide bonds. The third-order valence-electron chi connectivity index (χ3n) is 2.21. The van der Waals surface area contributed by atoms with E-state index in [1.165, 1.54) is 0 Å². The molecule has 3 nitrogen and oxygen atoms in total. The number of hydrogen-bond donors (Lipinski definition) is 1. The molecule has 0 spiro atoms. The number of ether oxygens (including phenoxy) is 2.